The lowest BCUT2D eigenvalue weighted by Crippen LogP contribution is -2.61. The van der Waals surface area contributed by atoms with Gasteiger partial charge in [0.1, 0.15) is 6.23 Å². The third-order valence-electron chi connectivity index (χ3n) is 6.28. The van der Waals surface area contributed by atoms with Crippen molar-refractivity contribution in [3.63, 3.8) is 0 Å². The highest BCUT2D eigenvalue weighted by molar-refractivity contribution is 6.00. The first-order valence-electron chi connectivity index (χ1n) is 10.5. The van der Waals surface area contributed by atoms with E-state index < -0.39 is 18.6 Å². The SMILES string of the molecule is CC1=C(CC(=O)N[C@H](C)C2CCC(C#N)CN2)C(=O)NC2CCC(OC(F)(F)F)NC12.[HH].[HH]. The molecular formula is C20H32F3N5O3. The van der Waals surface area contributed by atoms with E-state index in [1.54, 1.807) is 6.92 Å². The quantitative estimate of drug-likeness (QED) is 0.510. The number of hydrogen-bond acceptors (Lipinski definition) is 6. The molecule has 0 aromatic carbocycles. The topological polar surface area (TPSA) is 115 Å². The zero-order chi connectivity index (χ0) is 22.8. The van der Waals surface area contributed by atoms with Gasteiger partial charge in [0.05, 0.1) is 24.4 Å². The van der Waals surface area contributed by atoms with E-state index >= 15 is 0 Å². The monoisotopic (exact) mass is 447 g/mol. The van der Waals surface area contributed by atoms with Gasteiger partial charge in [0, 0.05) is 33.1 Å². The first-order chi connectivity index (χ1) is 14.6. The summed E-state index contributed by atoms with van der Waals surface area (Å²) >= 11 is 0. The Labute approximate surface area is 181 Å². The Balaban J connectivity index is 0.00000272. The Hall–Kier alpha value is -2.16. The summed E-state index contributed by atoms with van der Waals surface area (Å²) < 4.78 is 41.8. The van der Waals surface area contributed by atoms with Crippen molar-refractivity contribution in [1.29, 1.82) is 5.26 Å². The van der Waals surface area contributed by atoms with Gasteiger partial charge in [0.15, 0.2) is 0 Å². The first-order valence-corrected chi connectivity index (χ1v) is 10.5. The molecule has 11 heteroatoms. The molecule has 3 aliphatic rings. The molecule has 2 fully saturated rings. The molecule has 0 aromatic rings. The maximum Gasteiger partial charge on any atom is 0.524 e. The van der Waals surface area contributed by atoms with Crippen LogP contribution in [0.25, 0.3) is 0 Å². The standard InChI is InChI=1S/C20H28F3N5O3.2H2/c1-10-13(7-16(29)26-11(2)14-4-3-12(8-24)9-25-14)19(30)27-15-5-6-17(28-18(10)15)31-20(21,22)23;;/h11-12,14-15,17-18,25,28H,3-7,9H2,1-2H3,(H,26,29)(H,27,30);2*1H/t11-,12?,14?,15?,17?,18?;;/m1../s1. The molecule has 0 saturated carbocycles. The van der Waals surface area contributed by atoms with E-state index in [-0.39, 0.29) is 57.1 Å². The molecule has 4 N–H and O–H groups in total. The van der Waals surface area contributed by atoms with Crippen molar-refractivity contribution >= 4 is 11.8 Å². The number of piperidine rings is 2. The lowest BCUT2D eigenvalue weighted by molar-refractivity contribution is -0.349. The van der Waals surface area contributed by atoms with Gasteiger partial charge in [-0.05, 0) is 45.1 Å². The lowest BCUT2D eigenvalue weighted by atomic mass is 9.84. The molecule has 2 amide bonds. The fourth-order valence-electron chi connectivity index (χ4n) is 4.56. The van der Waals surface area contributed by atoms with E-state index in [2.05, 4.69) is 32.1 Å². The van der Waals surface area contributed by atoms with Crippen LogP contribution in [0.2, 0.25) is 0 Å². The molecule has 6 atom stereocenters. The van der Waals surface area contributed by atoms with Gasteiger partial charge in [-0.25, -0.2) is 0 Å². The number of halogens is 3. The Morgan fingerprint density at radius 1 is 1.35 bits per heavy atom. The molecule has 2 saturated heterocycles. The normalized spacial score (nSPS) is 32.5. The summed E-state index contributed by atoms with van der Waals surface area (Å²) in [7, 11) is 0. The highest BCUT2D eigenvalue weighted by Crippen LogP contribution is 2.30. The molecular weight excluding hydrogens is 415 g/mol. The van der Waals surface area contributed by atoms with Crippen LogP contribution in [0.15, 0.2) is 11.1 Å². The fraction of sp³-hybridized carbons (Fsp3) is 0.750. The second-order valence-corrected chi connectivity index (χ2v) is 8.47. The van der Waals surface area contributed by atoms with E-state index in [0.29, 0.717) is 18.5 Å². The van der Waals surface area contributed by atoms with E-state index in [0.717, 1.165) is 12.8 Å². The minimum absolute atomic E-state index is 0. The number of fused-ring (bicyclic) bond motifs is 1. The minimum Gasteiger partial charge on any atom is -0.352 e. The smallest absolute Gasteiger partial charge is 0.352 e. The van der Waals surface area contributed by atoms with Crippen molar-refractivity contribution in [1.82, 2.24) is 21.3 Å². The molecule has 5 unspecified atom stereocenters. The Kier molecular flexibility index (Phi) is 7.24. The highest BCUT2D eigenvalue weighted by Gasteiger charge is 2.42. The number of carbonyl (C=O) groups excluding carboxylic acids is 2. The average Bonchev–Trinajstić information content (AvgIpc) is 2.70. The first kappa shape index (κ1) is 23.5. The molecule has 0 radical (unpaired) electrons. The van der Waals surface area contributed by atoms with Crippen molar-refractivity contribution in [2.75, 3.05) is 6.54 Å². The van der Waals surface area contributed by atoms with E-state index in [1.807, 2.05) is 6.92 Å². The number of nitriles is 1. The van der Waals surface area contributed by atoms with E-state index in [9.17, 15) is 22.8 Å². The second-order valence-electron chi connectivity index (χ2n) is 8.47. The number of nitrogens with one attached hydrogen (secondary N) is 4. The van der Waals surface area contributed by atoms with Gasteiger partial charge in [-0.2, -0.15) is 5.26 Å². The Morgan fingerprint density at radius 2 is 2.10 bits per heavy atom. The van der Waals surface area contributed by atoms with E-state index in [1.165, 1.54) is 0 Å². The average molecular weight is 448 g/mol. The van der Waals surface area contributed by atoms with Crippen LogP contribution in [0.3, 0.4) is 0 Å². The fourth-order valence-corrected chi connectivity index (χ4v) is 4.56. The van der Waals surface area contributed by atoms with Crippen LogP contribution < -0.4 is 21.3 Å². The molecule has 0 bridgehead atoms. The van der Waals surface area contributed by atoms with Crippen molar-refractivity contribution < 1.29 is 30.4 Å². The van der Waals surface area contributed by atoms with E-state index in [4.69, 9.17) is 5.26 Å². The minimum atomic E-state index is -4.75. The van der Waals surface area contributed by atoms with Gasteiger partial charge < -0.3 is 16.0 Å². The van der Waals surface area contributed by atoms with Crippen LogP contribution in [0.1, 0.15) is 48.8 Å². The molecule has 8 nitrogen and oxygen atoms in total. The van der Waals surface area contributed by atoms with Crippen LogP contribution >= 0.6 is 0 Å². The summed E-state index contributed by atoms with van der Waals surface area (Å²) in [5.74, 6) is -0.733. The van der Waals surface area contributed by atoms with Gasteiger partial charge >= 0.3 is 6.36 Å². The van der Waals surface area contributed by atoms with Crippen LogP contribution in [-0.2, 0) is 14.3 Å². The number of rotatable bonds is 5. The third kappa shape index (κ3) is 5.96. The molecule has 0 spiro atoms. The van der Waals surface area contributed by atoms with Gasteiger partial charge in [-0.15, -0.1) is 13.2 Å². The molecule has 3 aliphatic heterocycles. The molecule has 31 heavy (non-hydrogen) atoms. The van der Waals surface area contributed by atoms with Crippen molar-refractivity contribution in [2.24, 2.45) is 5.92 Å². The number of carbonyl (C=O) groups is 2. The summed E-state index contributed by atoms with van der Waals surface area (Å²) in [6, 6.07) is 1.21. The predicted molar refractivity (Wildman–Crippen MR) is 108 cm³/mol. The van der Waals surface area contributed by atoms with Crippen LogP contribution in [0, 0.1) is 17.2 Å². The van der Waals surface area contributed by atoms with Crippen molar-refractivity contribution in [3.8, 4) is 6.07 Å². The molecule has 3 heterocycles. The summed E-state index contributed by atoms with van der Waals surface area (Å²) in [6.07, 6.45) is -4.13. The molecule has 176 valence electrons. The van der Waals surface area contributed by atoms with Crippen LogP contribution in [0.4, 0.5) is 13.2 Å². The van der Waals surface area contributed by atoms with Gasteiger partial charge in [0.25, 0.3) is 0 Å². The number of nitrogens with zero attached hydrogens (tertiary/aromatic N) is 1. The summed E-state index contributed by atoms with van der Waals surface area (Å²) in [6.45, 7) is 4.10. The number of alkyl halides is 3. The van der Waals surface area contributed by atoms with Crippen molar-refractivity contribution in [3.05, 3.63) is 11.1 Å². The highest BCUT2D eigenvalue weighted by atomic mass is 19.4. The van der Waals surface area contributed by atoms with Gasteiger partial charge in [-0.1, -0.05) is 0 Å². The maximum absolute atomic E-state index is 12.6. The third-order valence-corrected chi connectivity index (χ3v) is 6.28. The molecule has 0 aliphatic carbocycles. The maximum atomic E-state index is 12.6. The van der Waals surface area contributed by atoms with Crippen molar-refractivity contribution in [2.45, 2.75) is 82.7 Å². The largest absolute Gasteiger partial charge is 0.524 e. The Morgan fingerprint density at radius 3 is 2.71 bits per heavy atom. The molecule has 0 aromatic heterocycles. The zero-order valence-corrected chi connectivity index (χ0v) is 17.5. The predicted octanol–water partition coefficient (Wildman–Crippen LogP) is 1.69. The zero-order valence-electron chi connectivity index (χ0n) is 17.5. The van der Waals surface area contributed by atoms with Gasteiger partial charge in [-0.3, -0.25) is 19.6 Å². The summed E-state index contributed by atoms with van der Waals surface area (Å²) in [5, 5.41) is 20.7. The van der Waals surface area contributed by atoms with Crippen LogP contribution in [-0.4, -0.2) is 55.1 Å². The summed E-state index contributed by atoms with van der Waals surface area (Å²) in [5.41, 5.74) is 0.812. The second kappa shape index (κ2) is 9.54. The molecule has 3 rings (SSSR count). The number of ether oxygens (including phenoxy) is 1. The Bertz CT molecular complexity index is 782. The summed E-state index contributed by atoms with van der Waals surface area (Å²) in [4.78, 5) is 25.1. The lowest BCUT2D eigenvalue weighted by Gasteiger charge is -2.42. The number of hydrogen-bond donors (Lipinski definition) is 4. The number of amides is 2. The van der Waals surface area contributed by atoms with Gasteiger partial charge in [0.2, 0.25) is 11.8 Å². The van der Waals surface area contributed by atoms with Crippen LogP contribution in [0.5, 0.6) is 0 Å².